The Balaban J connectivity index is 3.04. The molecule has 2 rings (SSSR count). The van der Waals surface area contributed by atoms with Crippen LogP contribution < -0.4 is 0 Å². The number of fused-ring (bicyclic) bond motifs is 1. The van der Waals surface area contributed by atoms with Gasteiger partial charge in [-0.25, -0.2) is 9.37 Å². The number of halogens is 2. The molecule has 1 nitrogen and oxygen atoms in total. The smallest absolute Gasteiger partial charge is 0.149 e. The summed E-state index contributed by atoms with van der Waals surface area (Å²) in [6.45, 7) is 5.64. The molecule has 0 saturated heterocycles. The number of benzene rings is 1. The summed E-state index contributed by atoms with van der Waals surface area (Å²) in [7, 11) is 0. The fraction of sp³-hybridized carbons (Fsp3) is 0.250. The van der Waals surface area contributed by atoms with Crippen LogP contribution in [0, 0.1) is 26.6 Å². The van der Waals surface area contributed by atoms with Crippen molar-refractivity contribution in [3.05, 3.63) is 39.8 Å². The number of hydrogen-bond acceptors (Lipinski definition) is 1. The highest BCUT2D eigenvalue weighted by Crippen LogP contribution is 2.31. The Labute approximate surface area is 92.9 Å². The number of aromatic nitrogens is 1. The van der Waals surface area contributed by atoms with Crippen molar-refractivity contribution in [3.63, 3.8) is 0 Å². The Kier molecular flexibility index (Phi) is 2.39. The maximum Gasteiger partial charge on any atom is 0.149 e. The van der Waals surface area contributed by atoms with E-state index in [2.05, 4.69) is 4.98 Å². The lowest BCUT2D eigenvalue weighted by Crippen LogP contribution is -1.95. The fourth-order valence-electron chi connectivity index (χ4n) is 1.65. The molecule has 0 saturated carbocycles. The van der Waals surface area contributed by atoms with Gasteiger partial charge in [0.1, 0.15) is 11.3 Å². The van der Waals surface area contributed by atoms with Gasteiger partial charge in [0.2, 0.25) is 0 Å². The van der Waals surface area contributed by atoms with E-state index in [1.165, 1.54) is 6.07 Å². The summed E-state index contributed by atoms with van der Waals surface area (Å²) in [6, 6.07) is 3.15. The van der Waals surface area contributed by atoms with Gasteiger partial charge in [-0.3, -0.25) is 0 Å². The molecular weight excluding hydrogens is 213 g/mol. The van der Waals surface area contributed by atoms with Crippen molar-refractivity contribution >= 4 is 22.5 Å². The zero-order valence-corrected chi connectivity index (χ0v) is 9.61. The second-order valence-electron chi connectivity index (χ2n) is 3.72. The minimum absolute atomic E-state index is 0.319. The summed E-state index contributed by atoms with van der Waals surface area (Å²) in [5.41, 5.74) is 3.00. The van der Waals surface area contributed by atoms with Crippen LogP contribution in [0.4, 0.5) is 4.39 Å². The lowest BCUT2D eigenvalue weighted by Gasteiger charge is -2.09. The molecule has 78 valence electrons. The third kappa shape index (κ3) is 1.49. The van der Waals surface area contributed by atoms with E-state index in [1.54, 1.807) is 6.07 Å². The van der Waals surface area contributed by atoms with Crippen LogP contribution in [-0.4, -0.2) is 4.98 Å². The zero-order valence-electron chi connectivity index (χ0n) is 8.86. The topological polar surface area (TPSA) is 12.9 Å². The predicted octanol–water partition coefficient (Wildman–Crippen LogP) is 3.95. The summed E-state index contributed by atoms with van der Waals surface area (Å²) in [5, 5.41) is 1.33. The SMILES string of the molecule is Cc1nc2c(F)ccc(C)c2c(Cl)c1C. The molecule has 0 aliphatic carbocycles. The monoisotopic (exact) mass is 223 g/mol. The van der Waals surface area contributed by atoms with Crippen LogP contribution in [0.5, 0.6) is 0 Å². The normalized spacial score (nSPS) is 11.0. The van der Waals surface area contributed by atoms with Crippen LogP contribution >= 0.6 is 11.6 Å². The number of pyridine rings is 1. The summed E-state index contributed by atoms with van der Waals surface area (Å²) in [6.07, 6.45) is 0. The maximum atomic E-state index is 13.5. The van der Waals surface area contributed by atoms with Gasteiger partial charge in [0.05, 0.1) is 5.02 Å². The molecule has 0 unspecified atom stereocenters. The van der Waals surface area contributed by atoms with Gasteiger partial charge in [0.25, 0.3) is 0 Å². The zero-order chi connectivity index (χ0) is 11.2. The van der Waals surface area contributed by atoms with E-state index in [-0.39, 0.29) is 5.82 Å². The molecule has 0 atom stereocenters. The van der Waals surface area contributed by atoms with Crippen LogP contribution in [0.15, 0.2) is 12.1 Å². The van der Waals surface area contributed by atoms with Crippen molar-refractivity contribution in [1.82, 2.24) is 4.98 Å². The quantitative estimate of drug-likeness (QED) is 0.659. The van der Waals surface area contributed by atoms with E-state index in [9.17, 15) is 4.39 Å². The van der Waals surface area contributed by atoms with Gasteiger partial charge in [-0.1, -0.05) is 17.7 Å². The Morgan fingerprint density at radius 3 is 2.53 bits per heavy atom. The highest BCUT2D eigenvalue weighted by atomic mass is 35.5. The van der Waals surface area contributed by atoms with Crippen LogP contribution in [0.25, 0.3) is 10.9 Å². The van der Waals surface area contributed by atoms with Gasteiger partial charge in [-0.15, -0.1) is 0 Å². The molecule has 0 bridgehead atoms. The summed E-state index contributed by atoms with van der Waals surface area (Å²) in [5.74, 6) is -0.319. The third-order valence-electron chi connectivity index (χ3n) is 2.71. The second-order valence-corrected chi connectivity index (χ2v) is 4.10. The van der Waals surface area contributed by atoms with E-state index in [4.69, 9.17) is 11.6 Å². The van der Waals surface area contributed by atoms with Gasteiger partial charge < -0.3 is 0 Å². The molecular formula is C12H11ClFN. The van der Waals surface area contributed by atoms with E-state index < -0.39 is 0 Å². The molecule has 0 radical (unpaired) electrons. The lowest BCUT2D eigenvalue weighted by atomic mass is 10.1. The molecule has 0 aliphatic heterocycles. The average Bonchev–Trinajstić information content (AvgIpc) is 2.20. The molecule has 1 aromatic heterocycles. The van der Waals surface area contributed by atoms with Crippen LogP contribution in [0.3, 0.4) is 0 Å². The minimum Gasteiger partial charge on any atom is -0.250 e. The standard InChI is InChI=1S/C12H11ClFN/c1-6-4-5-9(14)12-10(6)11(13)7(2)8(3)15-12/h4-5H,1-3H3. The van der Waals surface area contributed by atoms with Gasteiger partial charge in [-0.05, 0) is 38.0 Å². The number of hydrogen-bond donors (Lipinski definition) is 0. The lowest BCUT2D eigenvalue weighted by molar-refractivity contribution is 0.636. The summed E-state index contributed by atoms with van der Waals surface area (Å²) < 4.78 is 13.5. The highest BCUT2D eigenvalue weighted by Gasteiger charge is 2.12. The molecule has 3 heteroatoms. The van der Waals surface area contributed by atoms with Crippen molar-refractivity contribution < 1.29 is 4.39 Å². The predicted molar refractivity (Wildman–Crippen MR) is 60.9 cm³/mol. The fourth-order valence-corrected chi connectivity index (χ4v) is 2.03. The van der Waals surface area contributed by atoms with E-state index >= 15 is 0 Å². The molecule has 0 N–H and O–H groups in total. The molecule has 15 heavy (non-hydrogen) atoms. The first-order chi connectivity index (χ1) is 7.02. The Morgan fingerprint density at radius 2 is 1.87 bits per heavy atom. The first kappa shape index (κ1) is 10.4. The summed E-state index contributed by atoms with van der Waals surface area (Å²) in [4.78, 5) is 4.24. The van der Waals surface area contributed by atoms with E-state index in [0.29, 0.717) is 10.5 Å². The Hall–Kier alpha value is -1.15. The Bertz CT molecular complexity index is 549. The van der Waals surface area contributed by atoms with Gasteiger partial charge in [-0.2, -0.15) is 0 Å². The molecule has 0 aliphatic rings. The molecule has 1 aromatic carbocycles. The van der Waals surface area contributed by atoms with Crippen molar-refractivity contribution in [2.24, 2.45) is 0 Å². The largest absolute Gasteiger partial charge is 0.250 e. The first-order valence-electron chi connectivity index (χ1n) is 4.74. The van der Waals surface area contributed by atoms with Gasteiger partial charge in [0.15, 0.2) is 0 Å². The van der Waals surface area contributed by atoms with E-state index in [1.807, 2.05) is 20.8 Å². The second kappa shape index (κ2) is 3.46. The molecule has 1 heterocycles. The average molecular weight is 224 g/mol. The number of rotatable bonds is 0. The van der Waals surface area contributed by atoms with Crippen LogP contribution in [0.2, 0.25) is 5.02 Å². The van der Waals surface area contributed by atoms with Crippen LogP contribution in [-0.2, 0) is 0 Å². The first-order valence-corrected chi connectivity index (χ1v) is 5.11. The maximum absolute atomic E-state index is 13.5. The van der Waals surface area contributed by atoms with Gasteiger partial charge >= 0.3 is 0 Å². The third-order valence-corrected chi connectivity index (χ3v) is 3.18. The van der Waals surface area contributed by atoms with Crippen molar-refractivity contribution in [3.8, 4) is 0 Å². The van der Waals surface area contributed by atoms with Gasteiger partial charge in [0, 0.05) is 11.1 Å². The van der Waals surface area contributed by atoms with E-state index in [0.717, 1.165) is 22.2 Å². The van der Waals surface area contributed by atoms with Crippen molar-refractivity contribution in [2.75, 3.05) is 0 Å². The molecule has 2 aromatic rings. The van der Waals surface area contributed by atoms with Crippen LogP contribution in [0.1, 0.15) is 16.8 Å². The number of nitrogens with zero attached hydrogens (tertiary/aromatic N) is 1. The number of aryl methyl sites for hydroxylation is 2. The Morgan fingerprint density at radius 1 is 1.20 bits per heavy atom. The molecule has 0 spiro atoms. The molecule has 0 amide bonds. The van der Waals surface area contributed by atoms with Crippen molar-refractivity contribution in [1.29, 1.82) is 0 Å². The summed E-state index contributed by atoms with van der Waals surface area (Å²) >= 11 is 6.20. The minimum atomic E-state index is -0.319. The highest BCUT2D eigenvalue weighted by molar-refractivity contribution is 6.36. The van der Waals surface area contributed by atoms with Crippen molar-refractivity contribution in [2.45, 2.75) is 20.8 Å². The molecule has 0 fully saturated rings.